The molecule has 1 amide bonds. The van der Waals surface area contributed by atoms with Gasteiger partial charge in [0.25, 0.3) is 0 Å². The van der Waals surface area contributed by atoms with Crippen molar-refractivity contribution in [1.29, 1.82) is 0 Å². The first-order valence-corrected chi connectivity index (χ1v) is 10.3. The van der Waals surface area contributed by atoms with Crippen molar-refractivity contribution < 1.29 is 9.53 Å². The number of hydrogen-bond acceptors (Lipinski definition) is 4. The van der Waals surface area contributed by atoms with E-state index in [1.165, 1.54) is 22.9 Å². The maximum atomic E-state index is 12.5. The van der Waals surface area contributed by atoms with Gasteiger partial charge in [0.05, 0.1) is 23.4 Å². The number of carbonyl (C=O) groups excluding carboxylic acids is 1. The summed E-state index contributed by atoms with van der Waals surface area (Å²) in [6.07, 6.45) is 1.78. The number of carbonyl (C=O) groups is 1. The number of imidazole rings is 1. The number of nitrogens with one attached hydrogen (secondary N) is 2. The minimum absolute atomic E-state index is 0.0222. The summed E-state index contributed by atoms with van der Waals surface area (Å²) >= 11 is 1.40. The number of anilines is 1. The Morgan fingerprint density at radius 3 is 2.56 bits per heavy atom. The Kier molecular flexibility index (Phi) is 6.40. The Morgan fingerprint density at radius 2 is 1.89 bits per heavy atom. The molecule has 0 unspecified atom stereocenters. The molecule has 3 rings (SSSR count). The molecule has 0 aliphatic rings. The zero-order chi connectivity index (χ0) is 19.2. The number of ether oxygens (including phenoxy) is 1. The van der Waals surface area contributed by atoms with Crippen LogP contribution < -0.4 is 10.1 Å². The highest BCUT2D eigenvalue weighted by Crippen LogP contribution is 2.25. The fraction of sp³-hybridized carbons (Fsp3) is 0.333. The van der Waals surface area contributed by atoms with Crippen LogP contribution in [0.1, 0.15) is 31.9 Å². The zero-order valence-electron chi connectivity index (χ0n) is 16.0. The van der Waals surface area contributed by atoms with Crippen LogP contribution in [0, 0.1) is 0 Å². The van der Waals surface area contributed by atoms with Gasteiger partial charge < -0.3 is 15.0 Å². The van der Waals surface area contributed by atoms with Crippen molar-refractivity contribution in [3.05, 3.63) is 47.5 Å². The van der Waals surface area contributed by atoms with Crippen LogP contribution in [0.15, 0.2) is 41.6 Å². The normalized spacial score (nSPS) is 10.9. The standard InChI is InChI=1S/C21H25N3O2S/c1-4-14-8-7-9-15(5-2)20(14)24-19(25)13-27-21-22-17-11-10-16(26-6-3)12-18(17)23-21/h7-12H,4-6,13H2,1-3H3,(H,22,23)(H,24,25). The van der Waals surface area contributed by atoms with Gasteiger partial charge in [-0.3, -0.25) is 4.79 Å². The number of rotatable bonds is 8. The molecule has 0 bridgehead atoms. The van der Waals surface area contributed by atoms with Gasteiger partial charge in [-0.15, -0.1) is 0 Å². The molecule has 0 radical (unpaired) electrons. The topological polar surface area (TPSA) is 67.0 Å². The van der Waals surface area contributed by atoms with Gasteiger partial charge in [0.15, 0.2) is 5.16 Å². The van der Waals surface area contributed by atoms with Gasteiger partial charge in [0.1, 0.15) is 5.75 Å². The average molecular weight is 384 g/mol. The van der Waals surface area contributed by atoms with Gasteiger partial charge in [-0.25, -0.2) is 4.98 Å². The molecule has 2 aromatic carbocycles. The number of aromatic amines is 1. The Morgan fingerprint density at radius 1 is 1.15 bits per heavy atom. The van der Waals surface area contributed by atoms with Gasteiger partial charge in [0.2, 0.25) is 5.91 Å². The van der Waals surface area contributed by atoms with Crippen molar-refractivity contribution in [3.8, 4) is 5.75 Å². The first-order valence-electron chi connectivity index (χ1n) is 9.30. The average Bonchev–Trinajstić information content (AvgIpc) is 3.09. The van der Waals surface area contributed by atoms with E-state index in [1.807, 2.05) is 31.2 Å². The lowest BCUT2D eigenvalue weighted by Gasteiger charge is -2.14. The van der Waals surface area contributed by atoms with Crippen molar-refractivity contribution in [1.82, 2.24) is 9.97 Å². The van der Waals surface area contributed by atoms with Gasteiger partial charge in [-0.1, -0.05) is 43.8 Å². The Balaban J connectivity index is 1.67. The second kappa shape index (κ2) is 8.95. The highest BCUT2D eigenvalue weighted by atomic mass is 32.2. The summed E-state index contributed by atoms with van der Waals surface area (Å²) in [4.78, 5) is 20.3. The van der Waals surface area contributed by atoms with Gasteiger partial charge >= 0.3 is 0 Å². The number of fused-ring (bicyclic) bond motifs is 1. The monoisotopic (exact) mass is 383 g/mol. The van der Waals surface area contributed by atoms with Crippen molar-refractivity contribution in [2.75, 3.05) is 17.7 Å². The third-order valence-electron chi connectivity index (χ3n) is 4.35. The van der Waals surface area contributed by atoms with Crippen LogP contribution in [0.2, 0.25) is 0 Å². The number of para-hydroxylation sites is 1. The third-order valence-corrected chi connectivity index (χ3v) is 5.22. The summed E-state index contributed by atoms with van der Waals surface area (Å²) in [6, 6.07) is 11.9. The molecule has 0 fully saturated rings. The molecule has 0 atom stereocenters. The van der Waals surface area contributed by atoms with Gasteiger partial charge in [0, 0.05) is 11.8 Å². The summed E-state index contributed by atoms with van der Waals surface area (Å²) in [7, 11) is 0. The number of thioether (sulfide) groups is 1. The molecule has 0 saturated heterocycles. The van der Waals surface area contributed by atoms with Crippen LogP contribution >= 0.6 is 11.8 Å². The van der Waals surface area contributed by atoms with E-state index in [4.69, 9.17) is 4.74 Å². The lowest BCUT2D eigenvalue weighted by Crippen LogP contribution is -2.16. The fourth-order valence-electron chi connectivity index (χ4n) is 3.00. The van der Waals surface area contributed by atoms with Crippen LogP contribution in [0.5, 0.6) is 5.75 Å². The number of H-pyrrole nitrogens is 1. The SMILES string of the molecule is CCOc1ccc2nc(SCC(=O)Nc3c(CC)cccc3CC)[nH]c2c1. The molecular weight excluding hydrogens is 358 g/mol. The van der Waals surface area contributed by atoms with Crippen molar-refractivity contribution in [3.63, 3.8) is 0 Å². The van der Waals surface area contributed by atoms with E-state index >= 15 is 0 Å². The molecule has 2 N–H and O–H groups in total. The van der Waals surface area contributed by atoms with Crippen LogP contribution in [0.4, 0.5) is 5.69 Å². The molecule has 142 valence electrons. The summed E-state index contributed by atoms with van der Waals surface area (Å²) < 4.78 is 5.51. The predicted octanol–water partition coefficient (Wildman–Crippen LogP) is 4.82. The Labute approximate surface area is 163 Å². The molecule has 6 heteroatoms. The summed E-state index contributed by atoms with van der Waals surface area (Å²) in [5.74, 6) is 1.09. The number of aryl methyl sites for hydroxylation is 2. The Hall–Kier alpha value is -2.47. The van der Waals surface area contributed by atoms with E-state index in [1.54, 1.807) is 0 Å². The maximum Gasteiger partial charge on any atom is 0.234 e. The van der Waals surface area contributed by atoms with E-state index in [9.17, 15) is 4.79 Å². The van der Waals surface area contributed by atoms with Crippen LogP contribution in [-0.2, 0) is 17.6 Å². The fourth-order valence-corrected chi connectivity index (χ4v) is 3.69. The van der Waals surface area contributed by atoms with E-state index < -0.39 is 0 Å². The van der Waals surface area contributed by atoms with Gasteiger partial charge in [-0.05, 0) is 43.0 Å². The highest BCUT2D eigenvalue weighted by molar-refractivity contribution is 7.99. The van der Waals surface area contributed by atoms with Crippen molar-refractivity contribution >= 4 is 34.4 Å². The lowest BCUT2D eigenvalue weighted by atomic mass is 10.0. The number of nitrogens with zero attached hydrogens (tertiary/aromatic N) is 1. The van der Waals surface area contributed by atoms with Crippen molar-refractivity contribution in [2.24, 2.45) is 0 Å². The molecular formula is C21H25N3O2S. The summed E-state index contributed by atoms with van der Waals surface area (Å²) in [5.41, 5.74) is 5.07. The van der Waals surface area contributed by atoms with Crippen molar-refractivity contribution in [2.45, 2.75) is 38.8 Å². The quantitative estimate of drug-likeness (QED) is 0.548. The molecule has 0 spiro atoms. The summed E-state index contributed by atoms with van der Waals surface area (Å²) in [5, 5.41) is 3.82. The zero-order valence-corrected chi connectivity index (χ0v) is 16.8. The first kappa shape index (κ1) is 19.3. The molecule has 0 saturated carbocycles. The number of benzene rings is 2. The highest BCUT2D eigenvalue weighted by Gasteiger charge is 2.12. The second-order valence-electron chi connectivity index (χ2n) is 6.15. The molecule has 3 aromatic rings. The largest absolute Gasteiger partial charge is 0.494 e. The third kappa shape index (κ3) is 4.63. The smallest absolute Gasteiger partial charge is 0.234 e. The van der Waals surface area contributed by atoms with Gasteiger partial charge in [-0.2, -0.15) is 0 Å². The molecule has 27 heavy (non-hydrogen) atoms. The van der Waals surface area contributed by atoms with E-state index in [0.717, 1.165) is 40.5 Å². The van der Waals surface area contributed by atoms with E-state index in [2.05, 4.69) is 41.3 Å². The number of amides is 1. The molecule has 1 aromatic heterocycles. The van der Waals surface area contributed by atoms with Crippen LogP contribution in [-0.4, -0.2) is 28.2 Å². The Bertz CT molecular complexity index is 914. The second-order valence-corrected chi connectivity index (χ2v) is 7.11. The minimum Gasteiger partial charge on any atom is -0.494 e. The van der Waals surface area contributed by atoms with E-state index in [0.29, 0.717) is 12.4 Å². The van der Waals surface area contributed by atoms with E-state index in [-0.39, 0.29) is 5.91 Å². The number of aromatic nitrogens is 2. The molecule has 5 nitrogen and oxygen atoms in total. The molecule has 1 heterocycles. The van der Waals surface area contributed by atoms with Crippen LogP contribution in [0.25, 0.3) is 11.0 Å². The first-order chi connectivity index (χ1) is 13.1. The predicted molar refractivity (Wildman–Crippen MR) is 112 cm³/mol. The minimum atomic E-state index is -0.0222. The maximum absolute atomic E-state index is 12.5. The number of hydrogen-bond donors (Lipinski definition) is 2. The molecule has 0 aliphatic carbocycles. The molecule has 0 aliphatic heterocycles. The van der Waals surface area contributed by atoms with Crippen LogP contribution in [0.3, 0.4) is 0 Å². The lowest BCUT2D eigenvalue weighted by molar-refractivity contribution is -0.113. The summed E-state index contributed by atoms with van der Waals surface area (Å²) in [6.45, 7) is 6.78.